The summed E-state index contributed by atoms with van der Waals surface area (Å²) in [6.45, 7) is 12.6. The van der Waals surface area contributed by atoms with Crippen molar-refractivity contribution >= 4 is 16.9 Å². The molecule has 0 radical (unpaired) electrons. The van der Waals surface area contributed by atoms with Gasteiger partial charge >= 0.3 is 11.9 Å². The topological polar surface area (TPSA) is 83.4 Å². The minimum atomic E-state index is -3.79. The van der Waals surface area contributed by atoms with Gasteiger partial charge in [0, 0.05) is 17.3 Å². The molecule has 228 valence electrons. The predicted octanol–water partition coefficient (Wildman–Crippen LogP) is 6.88. The summed E-state index contributed by atoms with van der Waals surface area (Å²) in [6, 6.07) is 5.86. The molecule has 0 spiro atoms. The minimum absolute atomic E-state index is 0.0324. The van der Waals surface area contributed by atoms with Gasteiger partial charge in [0.1, 0.15) is 17.2 Å². The Morgan fingerprint density at radius 3 is 2.38 bits per heavy atom. The molecule has 0 amide bonds. The quantitative estimate of drug-likeness (QED) is 0.268. The molecule has 0 unspecified atom stereocenters. The van der Waals surface area contributed by atoms with Gasteiger partial charge in [-0.2, -0.15) is 18.7 Å². The first-order valence-corrected chi connectivity index (χ1v) is 15.0. The summed E-state index contributed by atoms with van der Waals surface area (Å²) in [5.41, 5.74) is -0.752. The van der Waals surface area contributed by atoms with Gasteiger partial charge in [-0.1, -0.05) is 12.1 Å². The number of nitrogens with one attached hydrogen (secondary N) is 1. The lowest BCUT2D eigenvalue weighted by Crippen LogP contribution is -2.41. The molecule has 42 heavy (non-hydrogen) atoms. The maximum atomic E-state index is 15.6. The van der Waals surface area contributed by atoms with Crippen LogP contribution >= 0.6 is 0 Å². The van der Waals surface area contributed by atoms with Crippen molar-refractivity contribution in [3.63, 3.8) is 0 Å². The van der Waals surface area contributed by atoms with E-state index in [9.17, 15) is 13.9 Å². The summed E-state index contributed by atoms with van der Waals surface area (Å²) in [6.07, 6.45) is 4.25. The van der Waals surface area contributed by atoms with Crippen LogP contribution in [0.3, 0.4) is 0 Å². The average Bonchev–Trinajstić information content (AvgIpc) is 3.75. The zero-order valence-corrected chi connectivity index (χ0v) is 25.3. The number of pyridine rings is 1. The van der Waals surface area contributed by atoms with E-state index in [2.05, 4.69) is 40.1 Å². The fourth-order valence-corrected chi connectivity index (χ4v) is 5.67. The summed E-state index contributed by atoms with van der Waals surface area (Å²) in [7, 11) is 0. The van der Waals surface area contributed by atoms with Crippen LogP contribution in [0.4, 0.5) is 19.0 Å². The van der Waals surface area contributed by atoms with E-state index < -0.39 is 28.9 Å². The number of anilines is 1. The minimum Gasteiger partial charge on any atom is -0.463 e. The van der Waals surface area contributed by atoms with Crippen LogP contribution < -0.4 is 10.1 Å². The second-order valence-corrected chi connectivity index (χ2v) is 12.8. The molecule has 2 aromatic heterocycles. The lowest BCUT2D eigenvalue weighted by atomic mass is 9.87. The van der Waals surface area contributed by atoms with Gasteiger partial charge in [-0.25, -0.2) is 9.37 Å². The second kappa shape index (κ2) is 11.6. The van der Waals surface area contributed by atoms with Gasteiger partial charge in [0.05, 0.1) is 23.6 Å². The molecular weight excluding hydrogens is 543 g/mol. The van der Waals surface area contributed by atoms with Crippen molar-refractivity contribution in [1.29, 1.82) is 0 Å². The summed E-state index contributed by atoms with van der Waals surface area (Å²) < 4.78 is 51.5. The van der Waals surface area contributed by atoms with Gasteiger partial charge in [-0.05, 0) is 110 Å². The van der Waals surface area contributed by atoms with Crippen molar-refractivity contribution in [2.45, 2.75) is 96.8 Å². The normalized spacial score (nSPS) is 18.1. The number of aryl methyl sites for hydroxylation is 1. The van der Waals surface area contributed by atoms with E-state index in [1.54, 1.807) is 6.92 Å². The predicted molar refractivity (Wildman–Crippen MR) is 158 cm³/mol. The Hall–Kier alpha value is -2.98. The number of likely N-dealkylation sites (tertiary alicyclic amines) is 1. The molecule has 1 aliphatic carbocycles. The van der Waals surface area contributed by atoms with Gasteiger partial charge in [0.15, 0.2) is 5.65 Å². The van der Waals surface area contributed by atoms with Crippen molar-refractivity contribution in [2.24, 2.45) is 5.92 Å². The monoisotopic (exact) mass is 585 g/mol. The van der Waals surface area contributed by atoms with Crippen molar-refractivity contribution < 1.29 is 23.0 Å². The van der Waals surface area contributed by atoms with E-state index in [0.29, 0.717) is 41.3 Å². The van der Waals surface area contributed by atoms with Gasteiger partial charge in [-0.15, -0.1) is 0 Å². The van der Waals surface area contributed by atoms with E-state index >= 15 is 4.39 Å². The molecule has 0 bridgehead atoms. The van der Waals surface area contributed by atoms with Gasteiger partial charge in [0.25, 0.3) is 0 Å². The number of halogens is 3. The maximum Gasteiger partial charge on any atom is 0.320 e. The Balaban J connectivity index is 1.51. The standard InChI is InChI=1S/C32H42F3N5O2/c1-18(2)40-14-12-22(13-15-40)24-16-25-28(38-30(42-17-21-10-11-21)39-29(25)37-20(24)4)36-19(3)23-8-7-9-26(27(23)33)32(34,35)31(5,6)41/h7-9,16,18-19,21-22,41H,10-15,17H2,1-6H3,(H,36,37,38,39)/t19-/m1/s1. The molecule has 1 atom stereocenters. The molecule has 5 rings (SSSR count). The number of hydrogen-bond donors (Lipinski definition) is 2. The largest absolute Gasteiger partial charge is 0.463 e. The first kappa shape index (κ1) is 30.5. The molecule has 1 aliphatic heterocycles. The van der Waals surface area contributed by atoms with E-state index in [1.165, 1.54) is 12.1 Å². The lowest BCUT2D eigenvalue weighted by Gasteiger charge is -2.35. The Bertz CT molecular complexity index is 1430. The Kier molecular flexibility index (Phi) is 8.42. The third kappa shape index (κ3) is 6.20. The van der Waals surface area contributed by atoms with Crippen LogP contribution in [0.1, 0.15) is 94.6 Å². The molecule has 7 nitrogen and oxygen atoms in total. The maximum absolute atomic E-state index is 15.6. The van der Waals surface area contributed by atoms with Crippen LogP contribution in [0.15, 0.2) is 24.3 Å². The highest BCUT2D eigenvalue weighted by Gasteiger charge is 2.49. The summed E-state index contributed by atoms with van der Waals surface area (Å²) >= 11 is 0. The molecule has 1 saturated carbocycles. The summed E-state index contributed by atoms with van der Waals surface area (Å²) in [5, 5.41) is 14.0. The number of aliphatic hydroxyl groups is 1. The number of fused-ring (bicyclic) bond motifs is 1. The van der Waals surface area contributed by atoms with Crippen LogP contribution in [-0.4, -0.2) is 56.3 Å². The Morgan fingerprint density at radius 2 is 1.76 bits per heavy atom. The first-order valence-electron chi connectivity index (χ1n) is 15.0. The van der Waals surface area contributed by atoms with E-state index in [-0.39, 0.29) is 11.6 Å². The second-order valence-electron chi connectivity index (χ2n) is 12.8. The highest BCUT2D eigenvalue weighted by atomic mass is 19.3. The molecule has 10 heteroatoms. The molecule has 3 aromatic rings. The third-order valence-electron chi connectivity index (χ3n) is 8.70. The number of nitrogens with zero attached hydrogens (tertiary/aromatic N) is 4. The van der Waals surface area contributed by atoms with Crippen LogP contribution in [-0.2, 0) is 5.92 Å². The third-order valence-corrected chi connectivity index (χ3v) is 8.70. The van der Waals surface area contributed by atoms with Gasteiger partial charge in [0.2, 0.25) is 0 Å². The molecule has 2 N–H and O–H groups in total. The van der Waals surface area contributed by atoms with Gasteiger partial charge in [-0.3, -0.25) is 0 Å². The zero-order chi connectivity index (χ0) is 30.4. The average molecular weight is 586 g/mol. The van der Waals surface area contributed by atoms with Crippen molar-refractivity contribution in [3.05, 3.63) is 52.5 Å². The number of benzene rings is 1. The van der Waals surface area contributed by atoms with E-state index in [1.807, 2.05) is 6.92 Å². The van der Waals surface area contributed by atoms with E-state index in [4.69, 9.17) is 9.72 Å². The van der Waals surface area contributed by atoms with Crippen molar-refractivity contribution in [3.8, 4) is 6.01 Å². The number of ether oxygens (including phenoxy) is 1. The fraction of sp³-hybridized carbons (Fsp3) is 0.594. The zero-order valence-electron chi connectivity index (χ0n) is 25.3. The highest BCUT2D eigenvalue weighted by Crippen LogP contribution is 2.42. The molecule has 3 heterocycles. The summed E-state index contributed by atoms with van der Waals surface area (Å²) in [4.78, 5) is 16.6. The number of rotatable bonds is 10. The van der Waals surface area contributed by atoms with E-state index in [0.717, 1.165) is 69.9 Å². The SMILES string of the molecule is Cc1nc2nc(OCC3CC3)nc(N[C@H](C)c3cccc(C(F)(F)C(C)(C)O)c3F)c2cc1C1CCN(C(C)C)CC1. The lowest BCUT2D eigenvalue weighted by molar-refractivity contribution is -0.170. The van der Waals surface area contributed by atoms with Crippen LogP contribution in [0.2, 0.25) is 0 Å². The highest BCUT2D eigenvalue weighted by molar-refractivity contribution is 5.88. The van der Waals surface area contributed by atoms with Crippen molar-refractivity contribution in [1.82, 2.24) is 19.9 Å². The van der Waals surface area contributed by atoms with Gasteiger partial charge < -0.3 is 20.1 Å². The molecule has 1 saturated heterocycles. The van der Waals surface area contributed by atoms with Crippen molar-refractivity contribution in [2.75, 3.05) is 25.0 Å². The number of hydrogen-bond acceptors (Lipinski definition) is 7. The Morgan fingerprint density at radius 1 is 1.07 bits per heavy atom. The Labute approximate surface area is 245 Å². The number of piperidine rings is 1. The molecular formula is C32H42F3N5O2. The summed E-state index contributed by atoms with van der Waals surface area (Å²) in [5.74, 6) is -3.63. The molecule has 2 aliphatic rings. The smallest absolute Gasteiger partial charge is 0.320 e. The van der Waals surface area contributed by atoms with Crippen LogP contribution in [0.5, 0.6) is 6.01 Å². The first-order chi connectivity index (χ1) is 19.8. The molecule has 1 aromatic carbocycles. The van der Waals surface area contributed by atoms with Crippen LogP contribution in [0.25, 0.3) is 11.0 Å². The molecule has 2 fully saturated rings. The fourth-order valence-electron chi connectivity index (χ4n) is 5.67. The van der Waals surface area contributed by atoms with Crippen LogP contribution in [0, 0.1) is 18.7 Å². The number of aromatic nitrogens is 3. The number of alkyl halides is 2.